The number of nitrogens with zero attached hydrogens (tertiary/aromatic N) is 3. The first kappa shape index (κ1) is 9.98. The molecule has 72 valence electrons. The Bertz CT molecular complexity index is 414. The van der Waals surface area contributed by atoms with Gasteiger partial charge >= 0.3 is 0 Å². The first-order chi connectivity index (χ1) is 6.56. The molecule has 0 aliphatic rings. The zero-order chi connectivity index (χ0) is 10.7. The fourth-order valence-electron chi connectivity index (χ4n) is 0.843. The summed E-state index contributed by atoms with van der Waals surface area (Å²) in [6.45, 7) is 0. The molecule has 0 bridgehead atoms. The van der Waals surface area contributed by atoms with Gasteiger partial charge in [-0.3, -0.25) is 10.1 Å². The van der Waals surface area contributed by atoms with Crippen LogP contribution in [0.2, 0.25) is 0 Å². The summed E-state index contributed by atoms with van der Waals surface area (Å²) in [5, 5.41) is 18.7. The van der Waals surface area contributed by atoms with Crippen LogP contribution in [0.15, 0.2) is 12.3 Å². The number of pyridine rings is 1. The number of alkyl halides is 2. The second-order valence-corrected chi connectivity index (χ2v) is 2.30. The third kappa shape index (κ3) is 1.80. The van der Waals surface area contributed by atoms with Crippen molar-refractivity contribution in [2.75, 3.05) is 0 Å². The van der Waals surface area contributed by atoms with Gasteiger partial charge in [0.15, 0.2) is 0 Å². The van der Waals surface area contributed by atoms with Crippen LogP contribution in [0.5, 0.6) is 0 Å². The lowest BCUT2D eigenvalue weighted by atomic mass is 10.2. The molecule has 1 aromatic heterocycles. The van der Waals surface area contributed by atoms with Crippen molar-refractivity contribution in [2.24, 2.45) is 0 Å². The van der Waals surface area contributed by atoms with Crippen molar-refractivity contribution in [2.45, 2.75) is 6.43 Å². The fraction of sp³-hybridized carbons (Fsp3) is 0.143. The fourth-order valence-corrected chi connectivity index (χ4v) is 0.843. The van der Waals surface area contributed by atoms with Gasteiger partial charge in [-0.05, 0) is 0 Å². The molecule has 0 saturated heterocycles. The molecule has 0 aliphatic heterocycles. The third-order valence-electron chi connectivity index (χ3n) is 1.46. The van der Waals surface area contributed by atoms with Gasteiger partial charge in [0.1, 0.15) is 17.3 Å². The Morgan fingerprint density at radius 1 is 1.64 bits per heavy atom. The molecule has 1 aromatic rings. The van der Waals surface area contributed by atoms with Gasteiger partial charge in [0.05, 0.1) is 11.0 Å². The quantitative estimate of drug-likeness (QED) is 0.537. The van der Waals surface area contributed by atoms with Crippen molar-refractivity contribution >= 4 is 5.69 Å². The number of hydrogen-bond acceptors (Lipinski definition) is 4. The third-order valence-corrected chi connectivity index (χ3v) is 1.46. The van der Waals surface area contributed by atoms with Gasteiger partial charge in [0.25, 0.3) is 12.1 Å². The lowest BCUT2D eigenvalue weighted by Gasteiger charge is -2.00. The van der Waals surface area contributed by atoms with Crippen LogP contribution in [0, 0.1) is 21.4 Å². The van der Waals surface area contributed by atoms with Crippen LogP contribution in [-0.4, -0.2) is 9.91 Å². The Labute approximate surface area is 76.8 Å². The van der Waals surface area contributed by atoms with Crippen molar-refractivity contribution in [1.29, 1.82) is 5.26 Å². The molecule has 0 N–H and O–H groups in total. The first-order valence-corrected chi connectivity index (χ1v) is 3.39. The Hall–Kier alpha value is -2.10. The molecule has 1 heterocycles. The lowest BCUT2D eigenvalue weighted by Crippen LogP contribution is -1.98. The van der Waals surface area contributed by atoms with Crippen LogP contribution in [-0.2, 0) is 0 Å². The van der Waals surface area contributed by atoms with E-state index in [1.807, 2.05) is 0 Å². The van der Waals surface area contributed by atoms with Crippen LogP contribution in [0.1, 0.15) is 17.7 Å². The minimum atomic E-state index is -2.98. The van der Waals surface area contributed by atoms with Crippen molar-refractivity contribution in [3.63, 3.8) is 0 Å². The zero-order valence-electron chi connectivity index (χ0n) is 6.65. The van der Waals surface area contributed by atoms with Gasteiger partial charge in [0.2, 0.25) is 0 Å². The van der Waals surface area contributed by atoms with Crippen LogP contribution < -0.4 is 0 Å². The average Bonchev–Trinajstić information content (AvgIpc) is 2.16. The molecule has 0 atom stereocenters. The van der Waals surface area contributed by atoms with Gasteiger partial charge in [-0.15, -0.1) is 0 Å². The van der Waals surface area contributed by atoms with Crippen LogP contribution in [0.25, 0.3) is 0 Å². The Kier molecular flexibility index (Phi) is 2.67. The molecule has 14 heavy (non-hydrogen) atoms. The van der Waals surface area contributed by atoms with Crippen LogP contribution >= 0.6 is 0 Å². The van der Waals surface area contributed by atoms with Gasteiger partial charge in [-0.1, -0.05) is 0 Å². The Morgan fingerprint density at radius 3 is 2.71 bits per heavy atom. The maximum Gasteiger partial charge on any atom is 0.282 e. The summed E-state index contributed by atoms with van der Waals surface area (Å²) in [6, 6.07) is 2.25. The summed E-state index contributed by atoms with van der Waals surface area (Å²) in [5.74, 6) is 0. The predicted molar refractivity (Wildman–Crippen MR) is 40.6 cm³/mol. The van der Waals surface area contributed by atoms with Gasteiger partial charge in [-0.2, -0.15) is 5.26 Å². The number of hydrogen-bond donors (Lipinski definition) is 0. The van der Waals surface area contributed by atoms with E-state index < -0.39 is 22.6 Å². The highest BCUT2D eigenvalue weighted by atomic mass is 19.3. The number of halogens is 2. The molecule has 0 unspecified atom stereocenters. The van der Waals surface area contributed by atoms with Gasteiger partial charge < -0.3 is 0 Å². The van der Waals surface area contributed by atoms with E-state index in [9.17, 15) is 18.9 Å². The second-order valence-electron chi connectivity index (χ2n) is 2.30. The van der Waals surface area contributed by atoms with E-state index in [2.05, 4.69) is 4.98 Å². The zero-order valence-corrected chi connectivity index (χ0v) is 6.65. The van der Waals surface area contributed by atoms with E-state index in [-0.39, 0.29) is 5.69 Å². The monoisotopic (exact) mass is 199 g/mol. The minimum absolute atomic E-state index is 0.263. The van der Waals surface area contributed by atoms with Gasteiger partial charge in [0, 0.05) is 6.20 Å². The SMILES string of the molecule is N#Cc1cc([N+](=O)[O-])c(C(F)F)cn1. The summed E-state index contributed by atoms with van der Waals surface area (Å²) in [7, 11) is 0. The lowest BCUT2D eigenvalue weighted by molar-refractivity contribution is -0.386. The number of nitriles is 1. The number of rotatable bonds is 2. The van der Waals surface area contributed by atoms with Crippen molar-refractivity contribution in [3.8, 4) is 6.07 Å². The Balaban J connectivity index is 3.33. The van der Waals surface area contributed by atoms with Crippen molar-refractivity contribution in [3.05, 3.63) is 33.6 Å². The van der Waals surface area contributed by atoms with E-state index in [1.165, 1.54) is 6.07 Å². The average molecular weight is 199 g/mol. The van der Waals surface area contributed by atoms with E-state index >= 15 is 0 Å². The summed E-state index contributed by atoms with van der Waals surface area (Å²) >= 11 is 0. The normalized spacial score (nSPS) is 9.86. The molecule has 0 aliphatic carbocycles. The molecule has 1 rings (SSSR count). The van der Waals surface area contributed by atoms with E-state index in [0.717, 1.165) is 6.07 Å². The topological polar surface area (TPSA) is 79.8 Å². The van der Waals surface area contributed by atoms with Crippen LogP contribution in [0.4, 0.5) is 14.5 Å². The smallest absolute Gasteiger partial charge is 0.258 e. The summed E-state index contributed by atoms with van der Waals surface area (Å²) in [4.78, 5) is 12.7. The molecule has 0 spiro atoms. The van der Waals surface area contributed by atoms with Gasteiger partial charge in [-0.25, -0.2) is 13.8 Å². The van der Waals surface area contributed by atoms with Crippen LogP contribution in [0.3, 0.4) is 0 Å². The highest BCUT2D eigenvalue weighted by Crippen LogP contribution is 2.28. The molecular weight excluding hydrogens is 196 g/mol. The summed E-state index contributed by atoms with van der Waals surface area (Å²) in [5.41, 5.74) is -1.83. The maximum atomic E-state index is 12.2. The highest BCUT2D eigenvalue weighted by Gasteiger charge is 2.22. The number of aromatic nitrogens is 1. The molecule has 0 amide bonds. The molecule has 5 nitrogen and oxygen atoms in total. The van der Waals surface area contributed by atoms with E-state index in [1.54, 1.807) is 0 Å². The van der Waals surface area contributed by atoms with Crippen molar-refractivity contribution < 1.29 is 13.7 Å². The maximum absolute atomic E-state index is 12.2. The van der Waals surface area contributed by atoms with E-state index in [0.29, 0.717) is 6.20 Å². The summed E-state index contributed by atoms with van der Waals surface area (Å²) < 4.78 is 24.4. The molecular formula is C7H3F2N3O2. The molecule has 0 fully saturated rings. The second kappa shape index (κ2) is 3.74. The largest absolute Gasteiger partial charge is 0.282 e. The van der Waals surface area contributed by atoms with Crippen molar-refractivity contribution in [1.82, 2.24) is 4.98 Å². The Morgan fingerprint density at radius 2 is 2.29 bits per heavy atom. The minimum Gasteiger partial charge on any atom is -0.258 e. The molecule has 7 heteroatoms. The molecule has 0 aromatic carbocycles. The van der Waals surface area contributed by atoms with E-state index in [4.69, 9.17) is 5.26 Å². The molecule has 0 saturated carbocycles. The number of nitro groups is 1. The highest BCUT2D eigenvalue weighted by molar-refractivity contribution is 5.43. The standard InChI is InChI=1S/C7H3F2N3O2/c8-7(9)5-3-11-4(2-10)1-6(5)12(13)14/h1,3,7H. The molecule has 0 radical (unpaired) electrons. The first-order valence-electron chi connectivity index (χ1n) is 3.39. The summed E-state index contributed by atoms with van der Waals surface area (Å²) in [6.07, 6.45) is -2.34. The predicted octanol–water partition coefficient (Wildman–Crippen LogP) is 1.80.